The van der Waals surface area contributed by atoms with Crippen LogP contribution in [0.25, 0.3) is 0 Å². The summed E-state index contributed by atoms with van der Waals surface area (Å²) in [4.78, 5) is 9.22. The number of hydrogen-bond donors (Lipinski definition) is 0. The van der Waals surface area contributed by atoms with Gasteiger partial charge in [-0.3, -0.25) is 0 Å². The van der Waals surface area contributed by atoms with Gasteiger partial charge in [-0.15, -0.1) is 0 Å². The van der Waals surface area contributed by atoms with Crippen LogP contribution < -0.4 is 14.5 Å². The summed E-state index contributed by atoms with van der Waals surface area (Å²) in [5, 5.41) is 0. The third-order valence-corrected chi connectivity index (χ3v) is 3.64. The Morgan fingerprint density at radius 3 is 2.25 bits per heavy atom. The van der Waals surface area contributed by atoms with Crippen molar-refractivity contribution in [2.24, 2.45) is 0 Å². The molecule has 1 aliphatic heterocycles. The molecule has 0 saturated carbocycles. The summed E-state index contributed by atoms with van der Waals surface area (Å²) in [6.45, 7) is 4.00. The molecule has 0 atom stereocenters. The normalized spacial score (nSPS) is 15.2. The second-order valence-electron chi connectivity index (χ2n) is 4.85. The number of methoxy groups -OCH3 is 1. The Balaban J connectivity index is 1.66. The summed E-state index contributed by atoms with van der Waals surface area (Å²) < 4.78 is 5.19. The van der Waals surface area contributed by atoms with Crippen LogP contribution in [0.1, 0.15) is 0 Å². The van der Waals surface area contributed by atoms with Crippen molar-refractivity contribution >= 4 is 11.5 Å². The zero-order valence-corrected chi connectivity index (χ0v) is 11.7. The lowest BCUT2D eigenvalue weighted by molar-refractivity contribution is 0.397. The Morgan fingerprint density at radius 2 is 1.55 bits per heavy atom. The van der Waals surface area contributed by atoms with E-state index in [4.69, 9.17) is 4.74 Å². The Labute approximate surface area is 119 Å². The monoisotopic (exact) mass is 269 g/mol. The molecule has 0 spiro atoms. The standard InChI is InChI=1S/C16H19N3O/c1-20-16-9-5-8-15(17-16)19-12-10-18(11-13-19)14-6-3-2-4-7-14/h2-9H,10-13H2,1H3. The number of anilines is 2. The molecule has 0 radical (unpaired) electrons. The van der Waals surface area contributed by atoms with Crippen molar-refractivity contribution in [1.82, 2.24) is 4.98 Å². The first kappa shape index (κ1) is 12.8. The summed E-state index contributed by atoms with van der Waals surface area (Å²) in [5.41, 5.74) is 1.30. The summed E-state index contributed by atoms with van der Waals surface area (Å²) >= 11 is 0. The number of piperazine rings is 1. The quantitative estimate of drug-likeness (QED) is 0.855. The molecule has 1 saturated heterocycles. The van der Waals surface area contributed by atoms with Crippen LogP contribution in [-0.4, -0.2) is 38.3 Å². The van der Waals surface area contributed by atoms with E-state index in [0.717, 1.165) is 32.0 Å². The van der Waals surface area contributed by atoms with Crippen LogP contribution in [0.3, 0.4) is 0 Å². The Bertz CT molecular complexity index is 551. The molecule has 3 rings (SSSR count). The van der Waals surface area contributed by atoms with E-state index in [1.54, 1.807) is 7.11 Å². The maximum Gasteiger partial charge on any atom is 0.214 e. The van der Waals surface area contributed by atoms with Crippen LogP contribution in [0.15, 0.2) is 48.5 Å². The van der Waals surface area contributed by atoms with Crippen LogP contribution in [0, 0.1) is 0 Å². The molecule has 0 bridgehead atoms. The smallest absolute Gasteiger partial charge is 0.214 e. The number of nitrogens with zero attached hydrogens (tertiary/aromatic N) is 3. The first-order valence-corrected chi connectivity index (χ1v) is 6.93. The van der Waals surface area contributed by atoms with Gasteiger partial charge in [0.05, 0.1) is 7.11 Å². The summed E-state index contributed by atoms with van der Waals surface area (Å²) in [6.07, 6.45) is 0. The van der Waals surface area contributed by atoms with E-state index >= 15 is 0 Å². The lowest BCUT2D eigenvalue weighted by Gasteiger charge is -2.36. The largest absolute Gasteiger partial charge is 0.481 e. The number of benzene rings is 1. The van der Waals surface area contributed by atoms with Crippen molar-refractivity contribution in [3.05, 3.63) is 48.5 Å². The zero-order chi connectivity index (χ0) is 13.8. The molecule has 1 aromatic carbocycles. The van der Waals surface area contributed by atoms with Crippen LogP contribution in [0.5, 0.6) is 5.88 Å². The van der Waals surface area contributed by atoms with E-state index in [-0.39, 0.29) is 0 Å². The fourth-order valence-electron chi connectivity index (χ4n) is 2.53. The molecule has 1 fully saturated rings. The van der Waals surface area contributed by atoms with Crippen molar-refractivity contribution in [3.63, 3.8) is 0 Å². The van der Waals surface area contributed by atoms with E-state index < -0.39 is 0 Å². The molecule has 2 aromatic rings. The minimum Gasteiger partial charge on any atom is -0.481 e. The van der Waals surface area contributed by atoms with Gasteiger partial charge in [-0.05, 0) is 18.2 Å². The fourth-order valence-corrected chi connectivity index (χ4v) is 2.53. The molecule has 0 unspecified atom stereocenters. The lowest BCUT2D eigenvalue weighted by Crippen LogP contribution is -2.46. The Morgan fingerprint density at radius 1 is 0.850 bits per heavy atom. The molecule has 4 nitrogen and oxygen atoms in total. The van der Waals surface area contributed by atoms with Crippen molar-refractivity contribution in [2.45, 2.75) is 0 Å². The minimum atomic E-state index is 0.674. The van der Waals surface area contributed by atoms with Gasteiger partial charge in [0, 0.05) is 37.9 Å². The molecular formula is C16H19N3O. The van der Waals surface area contributed by atoms with E-state index in [1.165, 1.54) is 5.69 Å². The van der Waals surface area contributed by atoms with Gasteiger partial charge in [0.25, 0.3) is 0 Å². The van der Waals surface area contributed by atoms with Gasteiger partial charge in [0.2, 0.25) is 5.88 Å². The van der Waals surface area contributed by atoms with Crippen molar-refractivity contribution in [3.8, 4) is 5.88 Å². The summed E-state index contributed by atoms with van der Waals surface area (Å²) in [7, 11) is 1.65. The van der Waals surface area contributed by atoms with Gasteiger partial charge < -0.3 is 14.5 Å². The Kier molecular flexibility index (Phi) is 3.72. The highest BCUT2D eigenvalue weighted by molar-refractivity contribution is 5.49. The van der Waals surface area contributed by atoms with Crippen molar-refractivity contribution < 1.29 is 4.74 Å². The van der Waals surface area contributed by atoms with Crippen molar-refractivity contribution in [1.29, 1.82) is 0 Å². The zero-order valence-electron chi connectivity index (χ0n) is 11.7. The number of ether oxygens (including phenoxy) is 1. The second-order valence-corrected chi connectivity index (χ2v) is 4.85. The number of aromatic nitrogens is 1. The summed E-state index contributed by atoms with van der Waals surface area (Å²) in [6, 6.07) is 16.5. The highest BCUT2D eigenvalue weighted by atomic mass is 16.5. The SMILES string of the molecule is COc1cccc(N2CCN(c3ccccc3)CC2)n1. The number of hydrogen-bond acceptors (Lipinski definition) is 4. The first-order valence-electron chi connectivity index (χ1n) is 6.93. The fraction of sp³-hybridized carbons (Fsp3) is 0.312. The minimum absolute atomic E-state index is 0.674. The molecule has 104 valence electrons. The molecule has 20 heavy (non-hydrogen) atoms. The lowest BCUT2D eigenvalue weighted by atomic mass is 10.2. The van der Waals surface area contributed by atoms with E-state index in [9.17, 15) is 0 Å². The predicted molar refractivity (Wildman–Crippen MR) is 81.7 cm³/mol. The van der Waals surface area contributed by atoms with E-state index in [0.29, 0.717) is 5.88 Å². The van der Waals surface area contributed by atoms with Gasteiger partial charge in [0.1, 0.15) is 5.82 Å². The molecule has 0 aliphatic carbocycles. The molecule has 4 heteroatoms. The third-order valence-electron chi connectivity index (χ3n) is 3.64. The molecule has 2 heterocycles. The van der Waals surface area contributed by atoms with Crippen LogP contribution in [0.4, 0.5) is 11.5 Å². The van der Waals surface area contributed by atoms with E-state index in [2.05, 4.69) is 45.1 Å². The van der Waals surface area contributed by atoms with Crippen LogP contribution in [-0.2, 0) is 0 Å². The summed E-state index contributed by atoms with van der Waals surface area (Å²) in [5.74, 6) is 1.67. The topological polar surface area (TPSA) is 28.6 Å². The molecule has 1 aromatic heterocycles. The molecule has 0 amide bonds. The van der Waals surface area contributed by atoms with Gasteiger partial charge in [-0.1, -0.05) is 24.3 Å². The van der Waals surface area contributed by atoms with Gasteiger partial charge in [-0.2, -0.15) is 4.98 Å². The Hall–Kier alpha value is -2.23. The maximum atomic E-state index is 5.19. The number of pyridine rings is 1. The number of para-hydroxylation sites is 1. The molecular weight excluding hydrogens is 250 g/mol. The van der Waals surface area contributed by atoms with Gasteiger partial charge in [-0.25, -0.2) is 0 Å². The van der Waals surface area contributed by atoms with Crippen LogP contribution >= 0.6 is 0 Å². The highest BCUT2D eigenvalue weighted by Crippen LogP contribution is 2.20. The second kappa shape index (κ2) is 5.82. The molecule has 0 N–H and O–H groups in total. The highest BCUT2D eigenvalue weighted by Gasteiger charge is 2.18. The maximum absolute atomic E-state index is 5.19. The predicted octanol–water partition coefficient (Wildman–Crippen LogP) is 2.42. The third kappa shape index (κ3) is 2.69. The van der Waals surface area contributed by atoms with E-state index in [1.807, 2.05) is 18.2 Å². The van der Waals surface area contributed by atoms with Gasteiger partial charge in [0.15, 0.2) is 0 Å². The first-order chi connectivity index (χ1) is 9.86. The van der Waals surface area contributed by atoms with Gasteiger partial charge >= 0.3 is 0 Å². The van der Waals surface area contributed by atoms with Crippen LogP contribution in [0.2, 0.25) is 0 Å². The average Bonchev–Trinajstić information content (AvgIpc) is 2.56. The molecule has 1 aliphatic rings. The average molecular weight is 269 g/mol. The number of rotatable bonds is 3. The van der Waals surface area contributed by atoms with Crippen molar-refractivity contribution in [2.75, 3.05) is 43.1 Å².